The van der Waals surface area contributed by atoms with Crippen molar-refractivity contribution in [2.75, 3.05) is 26.2 Å². The third kappa shape index (κ3) is 6.60. The van der Waals surface area contributed by atoms with Crippen LogP contribution in [-0.2, 0) is 0 Å². The molecule has 0 spiro atoms. The van der Waals surface area contributed by atoms with Crippen LogP contribution in [0.3, 0.4) is 0 Å². The molecule has 1 aromatic carbocycles. The smallest absolute Gasteiger partial charge is 0.389 e. The Morgan fingerprint density at radius 3 is 2.36 bits per heavy atom. The number of benzene rings is 1. The molecule has 0 amide bonds. The summed E-state index contributed by atoms with van der Waals surface area (Å²) < 4.78 is 37.5. The highest BCUT2D eigenvalue weighted by atomic mass is 35.5. The Morgan fingerprint density at radius 2 is 1.82 bits per heavy atom. The number of phenolic OH excluding ortho intramolecular Hbond substituents is 1. The number of phenols is 1. The number of rotatable bonds is 4. The van der Waals surface area contributed by atoms with E-state index in [-0.39, 0.29) is 43.0 Å². The number of aromatic hydroxyl groups is 1. The molecule has 1 atom stereocenters. The molecular weight excluding hydrogens is 340 g/mol. The van der Waals surface area contributed by atoms with Crippen LogP contribution in [0.1, 0.15) is 24.4 Å². The van der Waals surface area contributed by atoms with Crippen LogP contribution in [0.4, 0.5) is 13.2 Å². The van der Waals surface area contributed by atoms with Crippen molar-refractivity contribution in [2.45, 2.75) is 25.1 Å². The van der Waals surface area contributed by atoms with E-state index in [4.69, 9.17) is 0 Å². The van der Waals surface area contributed by atoms with E-state index < -0.39 is 12.6 Å². The van der Waals surface area contributed by atoms with E-state index in [0.717, 1.165) is 31.7 Å². The lowest BCUT2D eigenvalue weighted by atomic mass is 9.99. The van der Waals surface area contributed by atoms with Gasteiger partial charge in [-0.3, -0.25) is 4.90 Å². The van der Waals surface area contributed by atoms with Gasteiger partial charge in [0.1, 0.15) is 5.75 Å². The van der Waals surface area contributed by atoms with Gasteiger partial charge in [0, 0.05) is 38.6 Å². The quantitative estimate of drug-likeness (QED) is 0.862. The fraction of sp³-hybridized carbons (Fsp3) is 0.571. The van der Waals surface area contributed by atoms with E-state index in [2.05, 4.69) is 10.2 Å². The molecule has 1 fully saturated rings. The summed E-state index contributed by atoms with van der Waals surface area (Å²) in [6.45, 7) is 3.00. The summed E-state index contributed by atoms with van der Waals surface area (Å²) in [5.41, 5.74) is 0.746. The standard InChI is InChI=1S/C14H19F3N2O.2ClH/c15-14(16,17)5-4-13(19-8-6-18-7-9-19)11-2-1-3-12(20)10-11;;/h1-3,10,13,18,20H,4-9H2;2*1H/t13-;;/m0../s1. The number of hydrogen-bond acceptors (Lipinski definition) is 3. The molecule has 2 N–H and O–H groups in total. The van der Waals surface area contributed by atoms with Crippen molar-refractivity contribution in [3.8, 4) is 5.75 Å². The summed E-state index contributed by atoms with van der Waals surface area (Å²) in [7, 11) is 0. The maximum absolute atomic E-state index is 12.5. The van der Waals surface area contributed by atoms with Gasteiger partial charge in [0.2, 0.25) is 0 Å². The molecule has 2 rings (SSSR count). The zero-order valence-electron chi connectivity index (χ0n) is 12.0. The van der Waals surface area contributed by atoms with Gasteiger partial charge in [-0.15, -0.1) is 24.8 Å². The molecule has 128 valence electrons. The predicted molar refractivity (Wildman–Crippen MR) is 85.1 cm³/mol. The number of nitrogens with zero attached hydrogens (tertiary/aromatic N) is 1. The Kier molecular flexibility index (Phi) is 9.15. The van der Waals surface area contributed by atoms with E-state index in [0.29, 0.717) is 0 Å². The topological polar surface area (TPSA) is 35.5 Å². The third-order valence-corrected chi connectivity index (χ3v) is 3.55. The van der Waals surface area contributed by atoms with E-state index in [1.807, 2.05) is 0 Å². The van der Waals surface area contributed by atoms with E-state index in [1.165, 1.54) is 6.07 Å². The minimum absolute atomic E-state index is 0. The molecule has 1 aliphatic rings. The van der Waals surface area contributed by atoms with Gasteiger partial charge in [-0.25, -0.2) is 0 Å². The van der Waals surface area contributed by atoms with Crippen LogP contribution in [0.15, 0.2) is 24.3 Å². The Labute approximate surface area is 140 Å². The van der Waals surface area contributed by atoms with Gasteiger partial charge in [-0.1, -0.05) is 12.1 Å². The first-order valence-corrected chi connectivity index (χ1v) is 6.76. The average molecular weight is 361 g/mol. The molecule has 3 nitrogen and oxygen atoms in total. The second-order valence-electron chi connectivity index (χ2n) is 5.05. The van der Waals surface area contributed by atoms with Crippen LogP contribution in [0, 0.1) is 0 Å². The summed E-state index contributed by atoms with van der Waals surface area (Å²) >= 11 is 0. The van der Waals surface area contributed by atoms with Gasteiger partial charge >= 0.3 is 6.18 Å². The normalized spacial score (nSPS) is 17.2. The Hall–Kier alpha value is -0.690. The predicted octanol–water partition coefficient (Wildman–Crippen LogP) is 3.52. The van der Waals surface area contributed by atoms with Gasteiger partial charge in [-0.2, -0.15) is 13.2 Å². The fourth-order valence-corrected chi connectivity index (χ4v) is 2.59. The van der Waals surface area contributed by atoms with Crippen LogP contribution in [-0.4, -0.2) is 42.4 Å². The van der Waals surface area contributed by atoms with Gasteiger partial charge < -0.3 is 10.4 Å². The van der Waals surface area contributed by atoms with Crippen molar-refractivity contribution < 1.29 is 18.3 Å². The molecular formula is C14H21Cl2F3N2O. The second-order valence-corrected chi connectivity index (χ2v) is 5.05. The summed E-state index contributed by atoms with van der Waals surface area (Å²) in [6, 6.07) is 6.24. The molecule has 0 unspecified atom stereocenters. The highest BCUT2D eigenvalue weighted by Gasteiger charge is 2.31. The monoisotopic (exact) mass is 360 g/mol. The zero-order valence-corrected chi connectivity index (χ0v) is 13.6. The number of nitrogens with one attached hydrogen (secondary N) is 1. The van der Waals surface area contributed by atoms with E-state index in [9.17, 15) is 18.3 Å². The number of hydrogen-bond donors (Lipinski definition) is 2. The summed E-state index contributed by atoms with van der Waals surface area (Å²) in [6.07, 6.45) is -4.94. The highest BCUT2D eigenvalue weighted by molar-refractivity contribution is 5.85. The molecule has 1 aromatic rings. The first-order chi connectivity index (χ1) is 9.46. The molecule has 0 aromatic heterocycles. The average Bonchev–Trinajstić information content (AvgIpc) is 2.39. The van der Waals surface area contributed by atoms with Crippen molar-refractivity contribution in [1.82, 2.24) is 10.2 Å². The minimum atomic E-state index is -4.15. The van der Waals surface area contributed by atoms with Gasteiger partial charge in [-0.05, 0) is 24.1 Å². The first kappa shape index (κ1) is 21.3. The Balaban J connectivity index is 0.00000220. The minimum Gasteiger partial charge on any atom is -0.508 e. The first-order valence-electron chi connectivity index (χ1n) is 6.76. The molecule has 8 heteroatoms. The number of alkyl halides is 3. The SMILES string of the molecule is Cl.Cl.Oc1cccc([C@H](CCC(F)(F)F)N2CCNCC2)c1. The highest BCUT2D eigenvalue weighted by Crippen LogP contribution is 2.32. The molecule has 0 saturated carbocycles. The van der Waals surface area contributed by atoms with Crippen molar-refractivity contribution in [3.05, 3.63) is 29.8 Å². The largest absolute Gasteiger partial charge is 0.508 e. The van der Waals surface area contributed by atoms with Crippen molar-refractivity contribution >= 4 is 24.8 Å². The Morgan fingerprint density at radius 1 is 1.18 bits per heavy atom. The van der Waals surface area contributed by atoms with Gasteiger partial charge in [0.25, 0.3) is 0 Å². The van der Waals surface area contributed by atoms with Crippen LogP contribution >= 0.6 is 24.8 Å². The zero-order chi connectivity index (χ0) is 14.6. The fourth-order valence-electron chi connectivity index (χ4n) is 2.59. The van der Waals surface area contributed by atoms with E-state index in [1.54, 1.807) is 18.2 Å². The van der Waals surface area contributed by atoms with Gasteiger partial charge in [0.15, 0.2) is 0 Å². The summed E-state index contributed by atoms with van der Waals surface area (Å²) in [5.74, 6) is 0.0923. The lowest BCUT2D eigenvalue weighted by Gasteiger charge is -2.35. The lowest BCUT2D eigenvalue weighted by molar-refractivity contribution is -0.138. The summed E-state index contributed by atoms with van der Waals surface area (Å²) in [4.78, 5) is 2.05. The van der Waals surface area contributed by atoms with Crippen LogP contribution in [0.2, 0.25) is 0 Å². The molecule has 1 aliphatic heterocycles. The maximum atomic E-state index is 12.5. The van der Waals surface area contributed by atoms with Crippen LogP contribution < -0.4 is 5.32 Å². The number of piperazine rings is 1. The van der Waals surface area contributed by atoms with Crippen molar-refractivity contribution in [3.63, 3.8) is 0 Å². The maximum Gasteiger partial charge on any atom is 0.389 e. The van der Waals surface area contributed by atoms with Gasteiger partial charge in [0.05, 0.1) is 0 Å². The molecule has 0 aliphatic carbocycles. The second kappa shape index (κ2) is 9.45. The molecule has 1 saturated heterocycles. The number of halogens is 5. The third-order valence-electron chi connectivity index (χ3n) is 3.55. The van der Waals surface area contributed by atoms with Crippen LogP contribution in [0.5, 0.6) is 5.75 Å². The van der Waals surface area contributed by atoms with Crippen molar-refractivity contribution in [1.29, 1.82) is 0 Å². The van der Waals surface area contributed by atoms with E-state index >= 15 is 0 Å². The van der Waals surface area contributed by atoms with Crippen molar-refractivity contribution in [2.24, 2.45) is 0 Å². The lowest BCUT2D eigenvalue weighted by Crippen LogP contribution is -2.45. The Bertz CT molecular complexity index is 440. The summed E-state index contributed by atoms with van der Waals surface area (Å²) in [5, 5.41) is 12.7. The molecule has 1 heterocycles. The molecule has 0 bridgehead atoms. The molecule has 22 heavy (non-hydrogen) atoms. The van der Waals surface area contributed by atoms with Crippen LogP contribution in [0.25, 0.3) is 0 Å². The molecule has 0 radical (unpaired) electrons.